The maximum absolute atomic E-state index is 12.6. The number of fused-ring (bicyclic) bond motifs is 1. The first-order valence-corrected chi connectivity index (χ1v) is 8.64. The summed E-state index contributed by atoms with van der Waals surface area (Å²) in [5.74, 6) is 0.0594. The van der Waals surface area contributed by atoms with Gasteiger partial charge in [0.2, 0.25) is 5.91 Å². The van der Waals surface area contributed by atoms with E-state index < -0.39 is 0 Å². The van der Waals surface area contributed by atoms with Crippen molar-refractivity contribution < 1.29 is 4.79 Å². The Hall–Kier alpha value is -2.27. The lowest BCUT2D eigenvalue weighted by Gasteiger charge is -2.15. The third-order valence-electron chi connectivity index (χ3n) is 3.86. The molecular weight excluding hydrogens is 306 g/mol. The average molecular weight is 323 g/mol. The van der Waals surface area contributed by atoms with Crippen molar-refractivity contribution in [2.24, 2.45) is 0 Å². The molecule has 1 aliphatic carbocycles. The van der Waals surface area contributed by atoms with E-state index in [1.807, 2.05) is 54.6 Å². The Balaban J connectivity index is 1.62. The lowest BCUT2D eigenvalue weighted by atomic mass is 10.1. The standard InChI is InChI=1S/C18H17N3OS/c22-17(19-13-10-11-13)16(12-6-2-1-3-7-12)23-18-20-14-8-4-5-9-15(14)21-18/h1-9,13,16H,10-11H2,(H,19,22)(H,20,21)/t16-/m0/s1. The lowest BCUT2D eigenvalue weighted by Crippen LogP contribution is -2.29. The van der Waals surface area contributed by atoms with E-state index in [0.717, 1.165) is 34.6 Å². The fraction of sp³-hybridized carbons (Fsp3) is 0.222. The quantitative estimate of drug-likeness (QED) is 0.704. The number of carbonyl (C=O) groups excluding carboxylic acids is 1. The minimum atomic E-state index is -0.294. The van der Waals surface area contributed by atoms with Gasteiger partial charge in [0.05, 0.1) is 11.0 Å². The summed E-state index contributed by atoms with van der Waals surface area (Å²) < 4.78 is 0. The van der Waals surface area contributed by atoms with Gasteiger partial charge in [-0.1, -0.05) is 54.2 Å². The van der Waals surface area contributed by atoms with E-state index in [1.54, 1.807) is 0 Å². The van der Waals surface area contributed by atoms with Crippen molar-refractivity contribution in [2.45, 2.75) is 29.3 Å². The molecule has 4 nitrogen and oxygen atoms in total. The number of amides is 1. The van der Waals surface area contributed by atoms with Crippen LogP contribution >= 0.6 is 11.8 Å². The fourth-order valence-corrected chi connectivity index (χ4v) is 3.51. The van der Waals surface area contributed by atoms with Crippen molar-refractivity contribution in [2.75, 3.05) is 0 Å². The number of nitrogens with one attached hydrogen (secondary N) is 2. The van der Waals surface area contributed by atoms with Crippen LogP contribution in [0.2, 0.25) is 0 Å². The Labute approximate surface area is 138 Å². The number of carbonyl (C=O) groups is 1. The van der Waals surface area contributed by atoms with Gasteiger partial charge in [-0.3, -0.25) is 4.79 Å². The second-order valence-electron chi connectivity index (χ2n) is 5.75. The molecule has 0 unspecified atom stereocenters. The predicted molar refractivity (Wildman–Crippen MR) is 92.3 cm³/mol. The molecule has 0 saturated heterocycles. The van der Waals surface area contributed by atoms with Crippen LogP contribution in [0.3, 0.4) is 0 Å². The third-order valence-corrected chi connectivity index (χ3v) is 5.00. The van der Waals surface area contributed by atoms with Crippen molar-refractivity contribution in [3.63, 3.8) is 0 Å². The molecular formula is C18H17N3OS. The number of imidazole rings is 1. The van der Waals surface area contributed by atoms with Gasteiger partial charge in [-0.05, 0) is 30.5 Å². The summed E-state index contributed by atoms with van der Waals surface area (Å²) in [5.41, 5.74) is 2.91. The zero-order chi connectivity index (χ0) is 15.6. The largest absolute Gasteiger partial charge is 0.352 e. The molecule has 1 aliphatic rings. The molecule has 116 valence electrons. The molecule has 1 heterocycles. The van der Waals surface area contributed by atoms with Crippen LogP contribution in [0.5, 0.6) is 0 Å². The number of hydrogen-bond donors (Lipinski definition) is 2. The van der Waals surface area contributed by atoms with Gasteiger partial charge in [0, 0.05) is 6.04 Å². The second-order valence-corrected chi connectivity index (χ2v) is 6.84. The molecule has 0 spiro atoms. The van der Waals surface area contributed by atoms with Gasteiger partial charge in [-0.2, -0.15) is 0 Å². The Morgan fingerprint density at radius 2 is 1.87 bits per heavy atom. The van der Waals surface area contributed by atoms with Gasteiger partial charge < -0.3 is 10.3 Å². The smallest absolute Gasteiger partial charge is 0.238 e. The Morgan fingerprint density at radius 1 is 1.13 bits per heavy atom. The van der Waals surface area contributed by atoms with Crippen LogP contribution in [0.1, 0.15) is 23.7 Å². The molecule has 2 N–H and O–H groups in total. The van der Waals surface area contributed by atoms with Crippen molar-refractivity contribution in [1.82, 2.24) is 15.3 Å². The predicted octanol–water partition coefficient (Wildman–Crippen LogP) is 3.67. The summed E-state index contributed by atoms with van der Waals surface area (Å²) in [5, 5.41) is 3.58. The first kappa shape index (κ1) is 14.3. The summed E-state index contributed by atoms with van der Waals surface area (Å²) in [6.07, 6.45) is 2.17. The van der Waals surface area contributed by atoms with Gasteiger partial charge in [0.15, 0.2) is 5.16 Å². The van der Waals surface area contributed by atoms with E-state index in [2.05, 4.69) is 15.3 Å². The number of nitrogens with zero attached hydrogens (tertiary/aromatic N) is 1. The number of thioether (sulfide) groups is 1. The zero-order valence-corrected chi connectivity index (χ0v) is 13.3. The van der Waals surface area contributed by atoms with Crippen LogP contribution in [0, 0.1) is 0 Å². The maximum Gasteiger partial charge on any atom is 0.238 e. The number of benzene rings is 2. The minimum Gasteiger partial charge on any atom is -0.352 e. The van der Waals surface area contributed by atoms with Gasteiger partial charge in [-0.15, -0.1) is 0 Å². The second kappa shape index (κ2) is 6.08. The molecule has 1 saturated carbocycles. The van der Waals surface area contributed by atoms with Gasteiger partial charge in [-0.25, -0.2) is 4.98 Å². The highest BCUT2D eigenvalue weighted by atomic mass is 32.2. The molecule has 1 amide bonds. The Kier molecular flexibility index (Phi) is 3.79. The van der Waals surface area contributed by atoms with E-state index in [4.69, 9.17) is 0 Å². The first-order valence-electron chi connectivity index (χ1n) is 7.76. The Bertz CT molecular complexity index is 793. The van der Waals surface area contributed by atoms with Crippen molar-refractivity contribution in [3.05, 3.63) is 60.2 Å². The van der Waals surface area contributed by atoms with Crippen LogP contribution in [-0.2, 0) is 4.79 Å². The highest BCUT2D eigenvalue weighted by Gasteiger charge is 2.29. The number of rotatable bonds is 5. The highest BCUT2D eigenvalue weighted by molar-refractivity contribution is 8.00. The van der Waals surface area contributed by atoms with E-state index >= 15 is 0 Å². The van der Waals surface area contributed by atoms with Crippen LogP contribution in [0.15, 0.2) is 59.8 Å². The van der Waals surface area contributed by atoms with Crippen LogP contribution in [0.4, 0.5) is 0 Å². The number of para-hydroxylation sites is 2. The van der Waals surface area contributed by atoms with Crippen molar-refractivity contribution >= 4 is 28.7 Å². The minimum absolute atomic E-state index is 0.0594. The number of aromatic nitrogens is 2. The molecule has 2 aromatic carbocycles. The van der Waals surface area contributed by atoms with E-state index in [-0.39, 0.29) is 11.2 Å². The maximum atomic E-state index is 12.6. The molecule has 1 aromatic heterocycles. The summed E-state index contributed by atoms with van der Waals surface area (Å²) in [6.45, 7) is 0. The van der Waals surface area contributed by atoms with Crippen LogP contribution in [-0.4, -0.2) is 21.9 Å². The number of H-pyrrole nitrogens is 1. The lowest BCUT2D eigenvalue weighted by molar-refractivity contribution is -0.120. The summed E-state index contributed by atoms with van der Waals surface area (Å²) in [4.78, 5) is 20.5. The molecule has 0 aliphatic heterocycles. The van der Waals surface area contributed by atoms with Crippen LogP contribution < -0.4 is 5.32 Å². The zero-order valence-electron chi connectivity index (χ0n) is 12.5. The Morgan fingerprint density at radius 3 is 2.61 bits per heavy atom. The van der Waals surface area contributed by atoms with Gasteiger partial charge in [0.1, 0.15) is 5.25 Å². The number of aromatic amines is 1. The summed E-state index contributed by atoms with van der Waals surface area (Å²) in [6, 6.07) is 18.1. The first-order chi connectivity index (χ1) is 11.3. The average Bonchev–Trinajstić information content (AvgIpc) is 3.29. The molecule has 1 atom stereocenters. The summed E-state index contributed by atoms with van der Waals surface area (Å²) >= 11 is 1.47. The molecule has 0 bridgehead atoms. The van der Waals surface area contributed by atoms with E-state index in [1.165, 1.54) is 11.8 Å². The molecule has 0 radical (unpaired) electrons. The third kappa shape index (κ3) is 3.24. The monoisotopic (exact) mass is 323 g/mol. The van der Waals surface area contributed by atoms with Gasteiger partial charge in [0.25, 0.3) is 0 Å². The molecule has 3 aromatic rings. The van der Waals surface area contributed by atoms with Crippen molar-refractivity contribution in [3.8, 4) is 0 Å². The van der Waals surface area contributed by atoms with Crippen LogP contribution in [0.25, 0.3) is 11.0 Å². The summed E-state index contributed by atoms with van der Waals surface area (Å²) in [7, 11) is 0. The highest BCUT2D eigenvalue weighted by Crippen LogP contribution is 2.35. The van der Waals surface area contributed by atoms with E-state index in [9.17, 15) is 4.79 Å². The fourth-order valence-electron chi connectivity index (χ4n) is 2.50. The normalized spacial score (nSPS) is 15.5. The molecule has 4 rings (SSSR count). The molecule has 1 fully saturated rings. The SMILES string of the molecule is O=C(NC1CC1)[C@@H](Sc1nc2ccccc2[nH]1)c1ccccc1. The number of hydrogen-bond acceptors (Lipinski definition) is 3. The van der Waals surface area contributed by atoms with Gasteiger partial charge >= 0.3 is 0 Å². The van der Waals surface area contributed by atoms with Crippen molar-refractivity contribution in [1.29, 1.82) is 0 Å². The van der Waals surface area contributed by atoms with E-state index in [0.29, 0.717) is 6.04 Å². The topological polar surface area (TPSA) is 57.8 Å². The molecule has 5 heteroatoms. The molecule has 23 heavy (non-hydrogen) atoms.